The second kappa shape index (κ2) is 8.44. The molecule has 0 aromatic heterocycles. The summed E-state index contributed by atoms with van der Waals surface area (Å²) in [7, 11) is 0. The number of anilines is 2. The predicted octanol–water partition coefficient (Wildman–Crippen LogP) is 4.49. The Kier molecular flexibility index (Phi) is 6.29. The Morgan fingerprint density at radius 1 is 1.13 bits per heavy atom. The van der Waals surface area contributed by atoms with Crippen molar-refractivity contribution in [1.82, 2.24) is 0 Å². The lowest BCUT2D eigenvalue weighted by molar-refractivity contribution is -0.115. The van der Waals surface area contributed by atoms with Crippen LogP contribution >= 0.6 is 11.6 Å². The minimum absolute atomic E-state index is 0.0586. The van der Waals surface area contributed by atoms with E-state index in [0.717, 1.165) is 22.7 Å². The number of rotatable bonds is 7. The van der Waals surface area contributed by atoms with Gasteiger partial charge in [0.25, 0.3) is 0 Å². The number of nitrogens with one attached hydrogen (secondary N) is 2. The summed E-state index contributed by atoms with van der Waals surface area (Å²) < 4.78 is 5.54. The Morgan fingerprint density at radius 3 is 2.65 bits per heavy atom. The SMILES string of the molecule is CCOc1ccccc1NCCC(=O)Nc1cccc(Cl)c1C. The van der Waals surface area contributed by atoms with E-state index in [1.807, 2.05) is 50.2 Å². The smallest absolute Gasteiger partial charge is 0.226 e. The first-order valence-electron chi connectivity index (χ1n) is 7.62. The summed E-state index contributed by atoms with van der Waals surface area (Å²) in [6.45, 7) is 4.95. The van der Waals surface area contributed by atoms with E-state index in [4.69, 9.17) is 16.3 Å². The molecule has 0 bridgehead atoms. The Morgan fingerprint density at radius 2 is 1.87 bits per heavy atom. The Bertz CT molecular complexity index is 674. The summed E-state index contributed by atoms with van der Waals surface area (Å²) in [5.74, 6) is 0.734. The van der Waals surface area contributed by atoms with Crippen LogP contribution < -0.4 is 15.4 Å². The summed E-state index contributed by atoms with van der Waals surface area (Å²) in [6, 6.07) is 13.2. The number of hydrogen-bond acceptors (Lipinski definition) is 3. The number of hydrogen-bond donors (Lipinski definition) is 2. The van der Waals surface area contributed by atoms with E-state index in [-0.39, 0.29) is 5.91 Å². The van der Waals surface area contributed by atoms with Crippen LogP contribution in [0.4, 0.5) is 11.4 Å². The van der Waals surface area contributed by atoms with Gasteiger partial charge in [-0.3, -0.25) is 4.79 Å². The second-order valence-electron chi connectivity index (χ2n) is 5.07. The van der Waals surface area contributed by atoms with Crippen molar-refractivity contribution >= 4 is 28.9 Å². The van der Waals surface area contributed by atoms with Crippen molar-refractivity contribution in [2.45, 2.75) is 20.3 Å². The van der Waals surface area contributed by atoms with E-state index in [2.05, 4.69) is 10.6 Å². The van der Waals surface area contributed by atoms with E-state index in [1.165, 1.54) is 0 Å². The van der Waals surface area contributed by atoms with Gasteiger partial charge in [-0.05, 0) is 43.7 Å². The Hall–Kier alpha value is -2.20. The van der Waals surface area contributed by atoms with Gasteiger partial charge in [0.1, 0.15) is 5.75 Å². The normalized spacial score (nSPS) is 10.2. The van der Waals surface area contributed by atoms with Gasteiger partial charge in [0.2, 0.25) is 5.91 Å². The highest BCUT2D eigenvalue weighted by molar-refractivity contribution is 6.31. The second-order valence-corrected chi connectivity index (χ2v) is 5.47. The Labute approximate surface area is 141 Å². The Balaban J connectivity index is 1.87. The van der Waals surface area contributed by atoms with Crippen LogP contribution in [0.15, 0.2) is 42.5 Å². The van der Waals surface area contributed by atoms with E-state index in [1.54, 1.807) is 6.07 Å². The van der Waals surface area contributed by atoms with Gasteiger partial charge in [-0.25, -0.2) is 0 Å². The van der Waals surface area contributed by atoms with Crippen molar-refractivity contribution in [3.63, 3.8) is 0 Å². The van der Waals surface area contributed by atoms with Crippen molar-refractivity contribution in [2.75, 3.05) is 23.8 Å². The number of halogens is 1. The molecule has 5 heteroatoms. The van der Waals surface area contributed by atoms with Gasteiger partial charge in [0, 0.05) is 23.7 Å². The molecule has 0 saturated carbocycles. The quantitative estimate of drug-likeness (QED) is 0.785. The summed E-state index contributed by atoms with van der Waals surface area (Å²) in [6.07, 6.45) is 0.354. The third kappa shape index (κ3) is 4.89. The number of carbonyl (C=O) groups is 1. The highest BCUT2D eigenvalue weighted by atomic mass is 35.5. The zero-order chi connectivity index (χ0) is 16.7. The molecule has 0 heterocycles. The summed E-state index contributed by atoms with van der Waals surface area (Å²) in [4.78, 5) is 12.1. The molecule has 4 nitrogen and oxygen atoms in total. The average Bonchev–Trinajstić information content (AvgIpc) is 2.54. The van der Waals surface area contributed by atoms with Crippen molar-refractivity contribution in [3.05, 3.63) is 53.1 Å². The summed E-state index contributed by atoms with van der Waals surface area (Å²) >= 11 is 6.05. The summed E-state index contributed by atoms with van der Waals surface area (Å²) in [5, 5.41) is 6.76. The highest BCUT2D eigenvalue weighted by Gasteiger charge is 2.07. The van der Waals surface area contributed by atoms with Crippen molar-refractivity contribution in [1.29, 1.82) is 0 Å². The molecular formula is C18H21ClN2O2. The van der Waals surface area contributed by atoms with E-state index < -0.39 is 0 Å². The van der Waals surface area contributed by atoms with Crippen LogP contribution in [0.25, 0.3) is 0 Å². The molecule has 0 unspecified atom stereocenters. The molecule has 0 aliphatic carbocycles. The largest absolute Gasteiger partial charge is 0.492 e. The van der Waals surface area contributed by atoms with Gasteiger partial charge in [-0.1, -0.05) is 29.8 Å². The predicted molar refractivity (Wildman–Crippen MR) is 95.5 cm³/mol. The van der Waals surface area contributed by atoms with Crippen LogP contribution in [0.5, 0.6) is 5.75 Å². The lowest BCUT2D eigenvalue weighted by atomic mass is 10.2. The van der Waals surface area contributed by atoms with Crippen LogP contribution in [0, 0.1) is 6.92 Å². The summed E-state index contributed by atoms with van der Waals surface area (Å²) in [5.41, 5.74) is 2.51. The maximum atomic E-state index is 12.1. The lowest BCUT2D eigenvalue weighted by Gasteiger charge is -2.13. The maximum absolute atomic E-state index is 12.1. The molecule has 2 N–H and O–H groups in total. The molecule has 1 amide bonds. The van der Waals surface area contributed by atoms with E-state index in [0.29, 0.717) is 24.6 Å². The van der Waals surface area contributed by atoms with E-state index in [9.17, 15) is 4.79 Å². The van der Waals surface area contributed by atoms with Gasteiger partial charge in [0.15, 0.2) is 0 Å². The minimum atomic E-state index is -0.0586. The molecule has 0 aliphatic heterocycles. The van der Waals surface area contributed by atoms with E-state index >= 15 is 0 Å². The third-order valence-corrected chi connectivity index (χ3v) is 3.81. The van der Waals surface area contributed by atoms with Gasteiger partial charge < -0.3 is 15.4 Å². The van der Waals surface area contributed by atoms with Gasteiger partial charge in [0.05, 0.1) is 12.3 Å². The molecule has 2 aromatic carbocycles. The molecule has 0 atom stereocenters. The average molecular weight is 333 g/mol. The fraction of sp³-hybridized carbons (Fsp3) is 0.278. The van der Waals surface area contributed by atoms with Gasteiger partial charge in [-0.15, -0.1) is 0 Å². The minimum Gasteiger partial charge on any atom is -0.492 e. The van der Waals surface area contributed by atoms with Gasteiger partial charge >= 0.3 is 0 Å². The van der Waals surface area contributed by atoms with Crippen molar-refractivity contribution < 1.29 is 9.53 Å². The topological polar surface area (TPSA) is 50.4 Å². The first kappa shape index (κ1) is 17.2. The molecule has 0 saturated heterocycles. The first-order valence-corrected chi connectivity index (χ1v) is 8.00. The number of benzene rings is 2. The molecule has 0 fully saturated rings. The van der Waals surface area contributed by atoms with Crippen LogP contribution in [0.3, 0.4) is 0 Å². The number of para-hydroxylation sites is 2. The third-order valence-electron chi connectivity index (χ3n) is 3.40. The first-order chi connectivity index (χ1) is 11.1. The maximum Gasteiger partial charge on any atom is 0.226 e. The molecule has 2 rings (SSSR count). The number of carbonyl (C=O) groups excluding carboxylic acids is 1. The monoisotopic (exact) mass is 332 g/mol. The van der Waals surface area contributed by atoms with Crippen molar-refractivity contribution in [3.8, 4) is 5.75 Å². The van der Waals surface area contributed by atoms with Crippen LogP contribution in [-0.2, 0) is 4.79 Å². The number of ether oxygens (including phenoxy) is 1. The fourth-order valence-electron chi connectivity index (χ4n) is 2.16. The fourth-order valence-corrected chi connectivity index (χ4v) is 2.33. The molecular weight excluding hydrogens is 312 g/mol. The molecule has 23 heavy (non-hydrogen) atoms. The number of amides is 1. The van der Waals surface area contributed by atoms with Crippen LogP contribution in [-0.4, -0.2) is 19.1 Å². The standard InChI is InChI=1S/C18H21ClN2O2/c1-3-23-17-10-5-4-8-16(17)20-12-11-18(22)21-15-9-6-7-14(19)13(15)2/h4-10,20H,3,11-12H2,1-2H3,(H,21,22). The molecule has 0 radical (unpaired) electrons. The lowest BCUT2D eigenvalue weighted by Crippen LogP contribution is -2.17. The van der Waals surface area contributed by atoms with Gasteiger partial charge in [-0.2, -0.15) is 0 Å². The van der Waals surface area contributed by atoms with Crippen LogP contribution in [0.2, 0.25) is 5.02 Å². The molecule has 0 spiro atoms. The van der Waals surface area contributed by atoms with Crippen LogP contribution in [0.1, 0.15) is 18.9 Å². The zero-order valence-corrected chi connectivity index (χ0v) is 14.1. The van der Waals surface area contributed by atoms with Crippen molar-refractivity contribution in [2.24, 2.45) is 0 Å². The molecule has 0 aliphatic rings. The zero-order valence-electron chi connectivity index (χ0n) is 13.4. The molecule has 2 aromatic rings. The molecule has 122 valence electrons. The highest BCUT2D eigenvalue weighted by Crippen LogP contribution is 2.24.